The second-order valence-corrected chi connectivity index (χ2v) is 10.5. The van der Waals surface area contributed by atoms with Crippen LogP contribution in [0.25, 0.3) is 0 Å². The normalized spacial score (nSPS) is 22.8. The van der Waals surface area contributed by atoms with E-state index in [0.717, 1.165) is 16.2 Å². The van der Waals surface area contributed by atoms with E-state index in [1.54, 1.807) is 0 Å². The Morgan fingerprint density at radius 1 is 1.47 bits per heavy atom. The molecule has 2 saturated heterocycles. The molecule has 3 amide bonds. The number of rotatable bonds is 10. The van der Waals surface area contributed by atoms with Crippen molar-refractivity contribution in [3.8, 4) is 0 Å². The number of nitrogens with two attached hydrogens (primary N) is 2. The maximum absolute atomic E-state index is 13.1. The number of nitrogens with one attached hydrogen (secondary N) is 1. The number of β-lactam (4-membered cyclic amide) rings is 1. The van der Waals surface area contributed by atoms with Gasteiger partial charge in [-0.1, -0.05) is 11.7 Å². The smallest absolute Gasteiger partial charge is 0.410 e. The maximum atomic E-state index is 13.1. The van der Waals surface area contributed by atoms with E-state index in [9.17, 15) is 32.5 Å². The summed E-state index contributed by atoms with van der Waals surface area (Å²) < 4.78 is 38.2. The van der Waals surface area contributed by atoms with E-state index in [0.29, 0.717) is 0 Å². The highest BCUT2D eigenvalue weighted by molar-refractivity contribution is 7.84. The predicted molar refractivity (Wildman–Crippen MR) is 125 cm³/mol. The molecule has 18 heteroatoms. The Morgan fingerprint density at radius 2 is 2.14 bits per heavy atom. The number of aliphatic hydroxyl groups excluding tert-OH is 1. The van der Waals surface area contributed by atoms with Crippen LogP contribution in [0.2, 0.25) is 0 Å². The van der Waals surface area contributed by atoms with Crippen LogP contribution in [0.3, 0.4) is 0 Å². The van der Waals surface area contributed by atoms with Gasteiger partial charge < -0.3 is 36.4 Å². The first-order chi connectivity index (χ1) is 16.7. The Hall–Kier alpha value is -3.48. The lowest BCUT2D eigenvalue weighted by atomic mass is 9.97. The van der Waals surface area contributed by atoms with Gasteiger partial charge in [-0.15, -0.1) is 11.3 Å². The Labute approximate surface area is 209 Å². The number of ether oxygens (including phenoxy) is 1. The standard InChI is InChI=1S/C18H25N7O9S2/c1-8(26)18(2,3)34-23-12(10-7-35-16(20)21-10)14(27)22-13-11(25(15(13)28)36(30,31)32)6-24-5-9(4-19)33-17(24)29/h7,9,11,13,26H,1,4-6,19H2,2-3H3,(H2,20,21)(H,22,27)(H,30,31,32)/b23-12-/t9-,11+,13-/m0/s1. The van der Waals surface area contributed by atoms with Gasteiger partial charge in [-0.25, -0.2) is 14.1 Å². The van der Waals surface area contributed by atoms with Crippen LogP contribution >= 0.6 is 11.3 Å². The van der Waals surface area contributed by atoms with Gasteiger partial charge in [-0.2, -0.15) is 8.42 Å². The second-order valence-electron chi connectivity index (χ2n) is 8.34. The molecule has 0 radical (unpaired) electrons. The van der Waals surface area contributed by atoms with E-state index in [4.69, 9.17) is 21.0 Å². The van der Waals surface area contributed by atoms with Gasteiger partial charge in [-0.05, 0) is 13.8 Å². The molecule has 0 spiro atoms. The van der Waals surface area contributed by atoms with Crippen LogP contribution in [0.1, 0.15) is 19.5 Å². The number of thiazole rings is 1. The molecule has 0 unspecified atom stereocenters. The summed E-state index contributed by atoms with van der Waals surface area (Å²) in [5.74, 6) is -2.56. The first-order valence-corrected chi connectivity index (χ1v) is 12.6. The maximum Gasteiger partial charge on any atom is 0.410 e. The van der Waals surface area contributed by atoms with E-state index in [-0.39, 0.29) is 28.2 Å². The van der Waals surface area contributed by atoms with Crippen LogP contribution in [0.15, 0.2) is 22.9 Å². The van der Waals surface area contributed by atoms with Gasteiger partial charge in [-0.3, -0.25) is 14.1 Å². The third kappa shape index (κ3) is 5.50. The first kappa shape index (κ1) is 27.1. The van der Waals surface area contributed by atoms with E-state index in [1.807, 2.05) is 0 Å². The molecule has 1 aromatic rings. The summed E-state index contributed by atoms with van der Waals surface area (Å²) >= 11 is 0.985. The highest BCUT2D eigenvalue weighted by Gasteiger charge is 2.55. The van der Waals surface area contributed by atoms with Gasteiger partial charge in [0.05, 0.1) is 12.6 Å². The molecule has 3 rings (SSSR count). The van der Waals surface area contributed by atoms with Crippen molar-refractivity contribution < 1.29 is 42.0 Å². The Balaban J connectivity index is 1.86. The van der Waals surface area contributed by atoms with Crippen molar-refractivity contribution in [3.05, 3.63) is 23.4 Å². The van der Waals surface area contributed by atoms with Crippen LogP contribution in [-0.4, -0.2) is 99.3 Å². The fraction of sp³-hybridized carbons (Fsp3) is 0.500. The van der Waals surface area contributed by atoms with Crippen LogP contribution in [-0.2, 0) is 29.5 Å². The van der Waals surface area contributed by atoms with Crippen molar-refractivity contribution in [1.82, 2.24) is 19.5 Å². The number of nitrogens with zero attached hydrogens (tertiary/aromatic N) is 4. The van der Waals surface area contributed by atoms with Crippen molar-refractivity contribution in [2.75, 3.05) is 25.4 Å². The number of carbonyl (C=O) groups is 3. The van der Waals surface area contributed by atoms with Crippen molar-refractivity contribution >= 4 is 50.4 Å². The number of aliphatic hydroxyl groups is 1. The van der Waals surface area contributed by atoms with Crippen molar-refractivity contribution in [1.29, 1.82) is 0 Å². The van der Waals surface area contributed by atoms with Crippen LogP contribution in [0, 0.1) is 0 Å². The van der Waals surface area contributed by atoms with Gasteiger partial charge in [0.25, 0.3) is 11.8 Å². The van der Waals surface area contributed by atoms with Crippen LogP contribution < -0.4 is 16.8 Å². The number of aromatic nitrogens is 1. The fourth-order valence-electron chi connectivity index (χ4n) is 3.24. The van der Waals surface area contributed by atoms with E-state index in [2.05, 4.69) is 22.0 Å². The van der Waals surface area contributed by atoms with Crippen molar-refractivity contribution in [2.24, 2.45) is 10.9 Å². The molecule has 2 aliphatic rings. The van der Waals surface area contributed by atoms with Gasteiger partial charge in [0.1, 0.15) is 23.6 Å². The molecule has 36 heavy (non-hydrogen) atoms. The third-order valence-corrected chi connectivity index (χ3v) is 6.99. The number of amides is 3. The molecule has 3 heterocycles. The number of oxime groups is 1. The van der Waals surface area contributed by atoms with E-state index >= 15 is 0 Å². The number of anilines is 1. The summed E-state index contributed by atoms with van der Waals surface area (Å²) in [6.07, 6.45) is -1.44. The Morgan fingerprint density at radius 3 is 2.64 bits per heavy atom. The molecule has 2 aliphatic heterocycles. The molecular formula is C18H25N7O9S2. The minimum Gasteiger partial charge on any atom is -0.509 e. The van der Waals surface area contributed by atoms with Crippen molar-refractivity contribution in [2.45, 2.75) is 37.6 Å². The van der Waals surface area contributed by atoms with Crippen LogP contribution in [0.4, 0.5) is 9.93 Å². The van der Waals surface area contributed by atoms with Crippen LogP contribution in [0.5, 0.6) is 0 Å². The molecule has 3 atom stereocenters. The van der Waals surface area contributed by atoms with Gasteiger partial charge in [0, 0.05) is 18.5 Å². The summed E-state index contributed by atoms with van der Waals surface area (Å²) in [5.41, 5.74) is 9.25. The second kappa shape index (κ2) is 9.88. The lowest BCUT2D eigenvalue weighted by molar-refractivity contribution is -0.145. The molecule has 1 aromatic heterocycles. The van der Waals surface area contributed by atoms with Crippen molar-refractivity contribution in [3.63, 3.8) is 0 Å². The number of hydrogen-bond donors (Lipinski definition) is 5. The average molecular weight is 548 g/mol. The zero-order chi connectivity index (χ0) is 27.0. The zero-order valence-electron chi connectivity index (χ0n) is 19.2. The molecule has 0 bridgehead atoms. The highest BCUT2D eigenvalue weighted by Crippen LogP contribution is 2.27. The molecule has 7 N–H and O–H groups in total. The van der Waals surface area contributed by atoms with Gasteiger partial charge in [0.15, 0.2) is 16.4 Å². The largest absolute Gasteiger partial charge is 0.509 e. The van der Waals surface area contributed by atoms with E-state index in [1.165, 1.54) is 19.2 Å². The Bertz CT molecular complexity index is 1210. The third-order valence-electron chi connectivity index (χ3n) is 5.36. The molecule has 0 saturated carbocycles. The zero-order valence-corrected chi connectivity index (χ0v) is 20.8. The summed E-state index contributed by atoms with van der Waals surface area (Å²) in [6, 6.07) is -2.84. The molecule has 0 aromatic carbocycles. The monoisotopic (exact) mass is 547 g/mol. The predicted octanol–water partition coefficient (Wildman–Crippen LogP) is -1.43. The highest BCUT2D eigenvalue weighted by atomic mass is 32.2. The first-order valence-electron chi connectivity index (χ1n) is 10.3. The lowest BCUT2D eigenvalue weighted by Gasteiger charge is -2.45. The molecule has 16 nitrogen and oxygen atoms in total. The quantitative estimate of drug-likeness (QED) is 0.0745. The Kier molecular flexibility index (Phi) is 7.44. The molecule has 2 fully saturated rings. The number of hydrogen-bond acceptors (Lipinski definition) is 13. The van der Waals surface area contributed by atoms with Gasteiger partial charge >= 0.3 is 16.4 Å². The number of nitrogen functional groups attached to an aromatic ring is 1. The lowest BCUT2D eigenvalue weighted by Crippen LogP contribution is -2.74. The number of carbonyl (C=O) groups excluding carboxylic acids is 3. The van der Waals surface area contributed by atoms with Gasteiger partial charge in [0.2, 0.25) is 0 Å². The molecule has 198 valence electrons. The summed E-state index contributed by atoms with van der Waals surface area (Å²) in [6.45, 7) is 5.83. The summed E-state index contributed by atoms with van der Waals surface area (Å²) in [4.78, 5) is 48.0. The van der Waals surface area contributed by atoms with E-state index < -0.39 is 70.0 Å². The SMILES string of the molecule is C=C(O)C(C)(C)O/N=C(\C(=O)N[C@@H]1C(=O)N(S(=O)(=O)O)[C@@H]1CN1C[C@H](CN)OC1=O)c1csc(N)n1. The fourth-order valence-corrected chi connectivity index (χ4v) is 4.66. The molecular weight excluding hydrogens is 522 g/mol. The summed E-state index contributed by atoms with van der Waals surface area (Å²) in [5, 5.41) is 17.2. The molecule has 0 aliphatic carbocycles. The summed E-state index contributed by atoms with van der Waals surface area (Å²) in [7, 11) is -5.01. The topological polar surface area (TPSA) is 240 Å². The number of cyclic esters (lactones) is 1. The average Bonchev–Trinajstić information content (AvgIpc) is 3.35. The minimum absolute atomic E-state index is 0.0127. The minimum atomic E-state index is -5.01.